The molecule has 0 N–H and O–H groups in total. The van der Waals surface area contributed by atoms with Crippen LogP contribution < -0.4 is 0 Å². The van der Waals surface area contributed by atoms with Crippen LogP contribution in [0.3, 0.4) is 0 Å². The molecule has 0 bridgehead atoms. The molecule has 1 fully saturated rings. The summed E-state index contributed by atoms with van der Waals surface area (Å²) < 4.78 is 0. The van der Waals surface area contributed by atoms with Gasteiger partial charge in [-0.2, -0.15) is 0 Å². The Morgan fingerprint density at radius 2 is 0.773 bits per heavy atom. The molecule has 0 unspecified atom stereocenters. The average molecular weight is 701 g/mol. The summed E-state index contributed by atoms with van der Waals surface area (Å²) in [6, 6.07) is 38.1. The first-order valence-corrected chi connectivity index (χ1v) is 17.0. The molecule has 0 amide bonds. The third kappa shape index (κ3) is 8.97. The largest absolute Gasteiger partial charge is 0.0843 e. The van der Waals surface area contributed by atoms with Crippen LogP contribution in [0.4, 0.5) is 0 Å². The first-order valence-electron chi connectivity index (χ1n) is 14.7. The van der Waals surface area contributed by atoms with Gasteiger partial charge >= 0.3 is 0 Å². The monoisotopic (exact) mass is 698 g/mol. The molecule has 1 saturated carbocycles. The van der Waals surface area contributed by atoms with Gasteiger partial charge in [0.2, 0.25) is 0 Å². The van der Waals surface area contributed by atoms with E-state index in [4.69, 9.17) is 69.6 Å². The van der Waals surface area contributed by atoms with Crippen molar-refractivity contribution >= 4 is 69.6 Å². The van der Waals surface area contributed by atoms with E-state index >= 15 is 0 Å². The second kappa shape index (κ2) is 15.9. The number of hydrogen-bond donors (Lipinski definition) is 0. The fourth-order valence-electron chi connectivity index (χ4n) is 6.25. The lowest BCUT2D eigenvalue weighted by atomic mass is 9.73. The molecule has 0 aliphatic heterocycles. The fourth-order valence-corrected chi connectivity index (χ4v) is 7.58. The van der Waals surface area contributed by atoms with Gasteiger partial charge in [-0.25, -0.2) is 0 Å². The molecule has 5 aromatic rings. The Morgan fingerprint density at radius 1 is 0.386 bits per heavy atom. The lowest BCUT2D eigenvalue weighted by Crippen LogP contribution is -2.17. The van der Waals surface area contributed by atoms with Crippen LogP contribution in [-0.4, -0.2) is 0 Å². The summed E-state index contributed by atoms with van der Waals surface area (Å²) in [7, 11) is 0. The van der Waals surface area contributed by atoms with E-state index in [0.29, 0.717) is 26.0 Å². The highest BCUT2D eigenvalue weighted by Gasteiger charge is 2.27. The summed E-state index contributed by atoms with van der Waals surface area (Å²) >= 11 is 37.0. The summed E-state index contributed by atoms with van der Waals surface area (Å²) in [5, 5.41) is 4.18. The van der Waals surface area contributed by atoms with Gasteiger partial charge in [0, 0.05) is 42.0 Å². The lowest BCUT2D eigenvalue weighted by Gasteiger charge is -2.31. The second-order valence-electron chi connectivity index (χ2n) is 11.2. The van der Waals surface area contributed by atoms with Gasteiger partial charge in [0.1, 0.15) is 0 Å². The minimum Gasteiger partial charge on any atom is -0.0843 e. The molecule has 1 aliphatic carbocycles. The molecule has 0 radical (unpaired) electrons. The summed E-state index contributed by atoms with van der Waals surface area (Å²) in [4.78, 5) is 0. The topological polar surface area (TPSA) is 0 Å². The van der Waals surface area contributed by atoms with Gasteiger partial charge in [-0.05, 0) is 107 Å². The average Bonchev–Trinajstić information content (AvgIpc) is 3.00. The normalized spacial score (nSPS) is 13.5. The van der Waals surface area contributed by atoms with Gasteiger partial charge in [-0.15, -0.1) is 0 Å². The molecular weight excluding hydrogens is 669 g/mol. The van der Waals surface area contributed by atoms with E-state index < -0.39 is 0 Å². The van der Waals surface area contributed by atoms with Crippen molar-refractivity contribution in [2.24, 2.45) is 5.92 Å². The lowest BCUT2D eigenvalue weighted by molar-refractivity contribution is 0.327. The van der Waals surface area contributed by atoms with Crippen LogP contribution in [0.5, 0.6) is 0 Å². The molecule has 0 heterocycles. The number of hydrogen-bond acceptors (Lipinski definition) is 0. The van der Waals surface area contributed by atoms with E-state index in [1.807, 2.05) is 54.6 Å². The third-order valence-electron chi connectivity index (χ3n) is 8.15. The minimum absolute atomic E-state index is 0.181. The molecule has 0 aromatic heterocycles. The standard InChI is InChI=1S/C19H18Cl4.C19H14Cl2/c20-15-6-13(7-16(21)10-15)19(12-4-2-1-3-5-12)14-8-17(22)11-18(23)9-14;20-17-10-6-15(7-11-17)19(14-4-2-1-3-5-14)16-8-12-18(21)13-9-16/h6-12,19H,1-5H2;1-13,19H. The predicted molar refractivity (Wildman–Crippen MR) is 192 cm³/mol. The number of halogens is 6. The maximum absolute atomic E-state index is 6.25. The Bertz CT molecular complexity index is 1500. The zero-order chi connectivity index (χ0) is 31.1. The predicted octanol–water partition coefficient (Wildman–Crippen LogP) is 14.2. The van der Waals surface area contributed by atoms with Gasteiger partial charge in [-0.3, -0.25) is 0 Å². The Balaban J connectivity index is 0.000000175. The third-order valence-corrected chi connectivity index (χ3v) is 9.53. The molecular formula is C38H32Cl6. The number of rotatable bonds is 6. The van der Waals surface area contributed by atoms with Crippen LogP contribution in [0, 0.1) is 5.92 Å². The highest BCUT2D eigenvalue weighted by Crippen LogP contribution is 2.43. The van der Waals surface area contributed by atoms with Crippen molar-refractivity contribution in [2.45, 2.75) is 43.9 Å². The first-order chi connectivity index (χ1) is 21.3. The molecule has 0 spiro atoms. The molecule has 44 heavy (non-hydrogen) atoms. The van der Waals surface area contributed by atoms with Crippen LogP contribution in [0.1, 0.15) is 71.8 Å². The smallest absolute Gasteiger partial charge is 0.0423 e. The summed E-state index contributed by atoms with van der Waals surface area (Å²) in [5.41, 5.74) is 5.98. The van der Waals surface area contributed by atoms with Crippen LogP contribution in [0.2, 0.25) is 30.1 Å². The molecule has 5 aromatic carbocycles. The van der Waals surface area contributed by atoms with E-state index in [2.05, 4.69) is 48.5 Å². The van der Waals surface area contributed by atoms with Crippen LogP contribution in [-0.2, 0) is 0 Å². The highest BCUT2D eigenvalue weighted by molar-refractivity contribution is 6.35. The van der Waals surface area contributed by atoms with Gasteiger partial charge in [-0.1, -0.05) is 143 Å². The highest BCUT2D eigenvalue weighted by atomic mass is 35.5. The second-order valence-corrected chi connectivity index (χ2v) is 13.8. The summed E-state index contributed by atoms with van der Waals surface area (Å²) in [6.07, 6.45) is 6.27. The molecule has 0 saturated heterocycles. The quantitative estimate of drug-likeness (QED) is 0.155. The fraction of sp³-hybridized carbons (Fsp3) is 0.211. The molecule has 6 heteroatoms. The zero-order valence-electron chi connectivity index (χ0n) is 24.0. The van der Waals surface area contributed by atoms with Crippen molar-refractivity contribution in [3.8, 4) is 0 Å². The number of benzene rings is 5. The van der Waals surface area contributed by atoms with Gasteiger partial charge in [0.25, 0.3) is 0 Å². The van der Waals surface area contributed by atoms with Crippen molar-refractivity contribution in [3.63, 3.8) is 0 Å². The maximum atomic E-state index is 6.25. The Hall–Kier alpha value is -2.16. The Morgan fingerprint density at radius 3 is 1.18 bits per heavy atom. The van der Waals surface area contributed by atoms with E-state index in [0.717, 1.165) is 21.2 Å². The van der Waals surface area contributed by atoms with E-state index in [9.17, 15) is 0 Å². The van der Waals surface area contributed by atoms with Crippen molar-refractivity contribution in [3.05, 3.63) is 173 Å². The molecule has 0 atom stereocenters. The van der Waals surface area contributed by atoms with Crippen molar-refractivity contribution in [1.82, 2.24) is 0 Å². The molecule has 0 nitrogen and oxygen atoms in total. The van der Waals surface area contributed by atoms with E-state index in [-0.39, 0.29) is 11.8 Å². The molecule has 1 aliphatic rings. The van der Waals surface area contributed by atoms with Crippen molar-refractivity contribution < 1.29 is 0 Å². The summed E-state index contributed by atoms with van der Waals surface area (Å²) in [6.45, 7) is 0. The minimum atomic E-state index is 0.181. The van der Waals surface area contributed by atoms with Gasteiger partial charge in [0.05, 0.1) is 0 Å². The van der Waals surface area contributed by atoms with Gasteiger partial charge in [0.15, 0.2) is 0 Å². The Kier molecular flexibility index (Phi) is 12.0. The van der Waals surface area contributed by atoms with Crippen LogP contribution in [0.15, 0.2) is 115 Å². The first kappa shape index (κ1) is 33.2. The van der Waals surface area contributed by atoms with Crippen LogP contribution >= 0.6 is 69.6 Å². The van der Waals surface area contributed by atoms with Gasteiger partial charge < -0.3 is 0 Å². The molecule has 6 rings (SSSR count). The SMILES string of the molecule is Clc1cc(Cl)cc(C(c2cc(Cl)cc(Cl)c2)C2CCCCC2)c1.Clc1ccc(C(c2ccccc2)c2ccc(Cl)cc2)cc1. The van der Waals surface area contributed by atoms with E-state index in [1.165, 1.54) is 48.8 Å². The van der Waals surface area contributed by atoms with Crippen LogP contribution in [0.25, 0.3) is 0 Å². The molecule has 226 valence electrons. The summed E-state index contributed by atoms with van der Waals surface area (Å²) in [5.74, 6) is 0.969. The maximum Gasteiger partial charge on any atom is 0.0423 e. The Labute approximate surface area is 290 Å². The van der Waals surface area contributed by atoms with Crippen molar-refractivity contribution in [1.29, 1.82) is 0 Å². The zero-order valence-corrected chi connectivity index (χ0v) is 28.5. The van der Waals surface area contributed by atoms with Crippen molar-refractivity contribution in [2.75, 3.05) is 0 Å². The van der Waals surface area contributed by atoms with E-state index in [1.54, 1.807) is 12.1 Å².